The van der Waals surface area contributed by atoms with Gasteiger partial charge in [-0.05, 0) is 51.0 Å². The number of aryl methyl sites for hydroxylation is 1. The number of nitriles is 1. The molecular formula is C24H25F3N4O2S. The Kier molecular flexibility index (Phi) is 6.44. The second-order valence-electron chi connectivity index (χ2n) is 8.78. The molecule has 1 N–H and O–H groups in total. The lowest BCUT2D eigenvalue weighted by atomic mass is 9.95. The van der Waals surface area contributed by atoms with Crippen LogP contribution in [0.5, 0.6) is 0 Å². The minimum atomic E-state index is -4.71. The van der Waals surface area contributed by atoms with Crippen molar-refractivity contribution >= 4 is 20.9 Å². The summed E-state index contributed by atoms with van der Waals surface area (Å²) >= 11 is 0. The molecule has 1 aliphatic carbocycles. The van der Waals surface area contributed by atoms with Gasteiger partial charge in [0.25, 0.3) is 0 Å². The first-order valence-electron chi connectivity index (χ1n) is 11.1. The van der Waals surface area contributed by atoms with Crippen LogP contribution >= 0.6 is 0 Å². The number of rotatable bonds is 5. The van der Waals surface area contributed by atoms with Crippen molar-refractivity contribution in [2.45, 2.75) is 69.1 Å². The number of aromatic nitrogens is 2. The number of hydrogen-bond donors (Lipinski definition) is 1. The van der Waals surface area contributed by atoms with Crippen LogP contribution in [-0.2, 0) is 10.0 Å². The SMILES string of the molecule is Cc1ccc2c(c1)c(C#N)c(-c1ccc(S(=O)(=O)N[C@H](C)C(F)(F)F)cn1)n2C1CCCCC1. The molecule has 0 unspecified atom stereocenters. The summed E-state index contributed by atoms with van der Waals surface area (Å²) in [6, 6.07) is 8.85. The first-order chi connectivity index (χ1) is 16.0. The fourth-order valence-corrected chi connectivity index (χ4v) is 5.73. The average molecular weight is 491 g/mol. The third-order valence-electron chi connectivity index (χ3n) is 6.32. The van der Waals surface area contributed by atoms with Crippen LogP contribution in [0.2, 0.25) is 0 Å². The lowest BCUT2D eigenvalue weighted by Gasteiger charge is -2.26. The highest BCUT2D eigenvalue weighted by molar-refractivity contribution is 7.89. The first-order valence-corrected chi connectivity index (χ1v) is 12.6. The molecular weight excluding hydrogens is 465 g/mol. The maximum atomic E-state index is 12.8. The summed E-state index contributed by atoms with van der Waals surface area (Å²) in [4.78, 5) is 3.92. The van der Waals surface area contributed by atoms with Crippen molar-refractivity contribution in [1.29, 1.82) is 5.26 Å². The first kappa shape index (κ1) is 24.2. The van der Waals surface area contributed by atoms with Crippen molar-refractivity contribution in [1.82, 2.24) is 14.3 Å². The van der Waals surface area contributed by atoms with Gasteiger partial charge < -0.3 is 4.57 Å². The summed E-state index contributed by atoms with van der Waals surface area (Å²) < 4.78 is 67.2. The highest BCUT2D eigenvalue weighted by atomic mass is 32.2. The number of benzene rings is 1. The van der Waals surface area contributed by atoms with Crippen LogP contribution < -0.4 is 4.72 Å². The molecule has 0 bridgehead atoms. The smallest absolute Gasteiger partial charge is 0.335 e. The highest BCUT2D eigenvalue weighted by Crippen LogP contribution is 2.40. The molecule has 180 valence electrons. The molecule has 34 heavy (non-hydrogen) atoms. The van der Waals surface area contributed by atoms with Crippen LogP contribution in [0, 0.1) is 18.3 Å². The van der Waals surface area contributed by atoms with E-state index in [0.29, 0.717) is 17.0 Å². The Bertz CT molecular complexity index is 1350. The summed E-state index contributed by atoms with van der Waals surface area (Å²) in [7, 11) is -4.42. The quantitative estimate of drug-likeness (QED) is 0.503. The monoisotopic (exact) mass is 490 g/mol. The number of sulfonamides is 1. The molecule has 0 saturated heterocycles. The van der Waals surface area contributed by atoms with Crippen molar-refractivity contribution < 1.29 is 21.6 Å². The summed E-state index contributed by atoms with van der Waals surface area (Å²) in [6.45, 7) is 2.69. The lowest BCUT2D eigenvalue weighted by molar-refractivity contribution is -0.147. The summed E-state index contributed by atoms with van der Waals surface area (Å²) in [6.07, 6.45) is 1.56. The molecule has 1 aliphatic rings. The van der Waals surface area contributed by atoms with Gasteiger partial charge in [0.2, 0.25) is 10.0 Å². The van der Waals surface area contributed by atoms with Crippen LogP contribution in [-0.4, -0.2) is 30.2 Å². The van der Waals surface area contributed by atoms with Gasteiger partial charge in [-0.15, -0.1) is 0 Å². The summed E-state index contributed by atoms with van der Waals surface area (Å²) in [5.74, 6) is 0. The molecule has 0 spiro atoms. The van der Waals surface area contributed by atoms with Gasteiger partial charge in [-0.1, -0.05) is 30.9 Å². The van der Waals surface area contributed by atoms with Crippen molar-refractivity contribution in [3.8, 4) is 17.5 Å². The normalized spacial score (nSPS) is 16.5. The third-order valence-corrected chi connectivity index (χ3v) is 7.85. The zero-order chi connectivity index (χ0) is 24.7. The molecule has 1 saturated carbocycles. The predicted octanol–water partition coefficient (Wildman–Crippen LogP) is 5.62. The van der Waals surface area contributed by atoms with E-state index in [2.05, 4.69) is 15.6 Å². The number of nitrogens with one attached hydrogen (secondary N) is 1. The van der Waals surface area contributed by atoms with Gasteiger partial charge in [0, 0.05) is 17.6 Å². The van der Waals surface area contributed by atoms with Gasteiger partial charge in [-0.3, -0.25) is 4.98 Å². The largest absolute Gasteiger partial charge is 0.404 e. The van der Waals surface area contributed by atoms with Gasteiger partial charge in [0.05, 0.1) is 22.5 Å². The van der Waals surface area contributed by atoms with Crippen LogP contribution in [0.1, 0.15) is 56.2 Å². The molecule has 1 atom stereocenters. The average Bonchev–Trinajstić information content (AvgIpc) is 3.12. The Morgan fingerprint density at radius 2 is 1.88 bits per heavy atom. The second-order valence-corrected chi connectivity index (χ2v) is 10.5. The molecule has 1 fully saturated rings. The van der Waals surface area contributed by atoms with Gasteiger partial charge in [-0.2, -0.15) is 23.2 Å². The van der Waals surface area contributed by atoms with E-state index < -0.39 is 22.2 Å². The maximum absolute atomic E-state index is 12.8. The van der Waals surface area contributed by atoms with Gasteiger partial charge in [0.15, 0.2) is 0 Å². The number of halogens is 3. The van der Waals surface area contributed by atoms with E-state index in [0.717, 1.165) is 61.7 Å². The van der Waals surface area contributed by atoms with Crippen LogP contribution in [0.25, 0.3) is 22.3 Å². The Labute approximate surface area is 196 Å². The van der Waals surface area contributed by atoms with E-state index in [1.807, 2.05) is 25.1 Å². The van der Waals surface area contributed by atoms with E-state index in [1.54, 1.807) is 4.72 Å². The zero-order valence-electron chi connectivity index (χ0n) is 18.9. The second kappa shape index (κ2) is 9.04. The highest BCUT2D eigenvalue weighted by Gasteiger charge is 2.39. The number of pyridine rings is 1. The third kappa shape index (κ3) is 4.55. The van der Waals surface area contributed by atoms with Crippen molar-refractivity contribution in [2.75, 3.05) is 0 Å². The van der Waals surface area contributed by atoms with E-state index in [9.17, 15) is 26.9 Å². The number of alkyl halides is 3. The standard InChI is InChI=1S/C24H25F3N4O2S/c1-15-8-11-22-19(12-15)20(13-28)23(31(22)17-6-4-3-5-7-17)21-10-9-18(14-29-21)34(32,33)30-16(2)24(25,26)27/h8-12,14,16-17,30H,3-7H2,1-2H3/t16-/m1/s1. The molecule has 0 aliphatic heterocycles. The van der Waals surface area contributed by atoms with Crippen molar-refractivity contribution in [3.63, 3.8) is 0 Å². The van der Waals surface area contributed by atoms with E-state index in [-0.39, 0.29) is 10.9 Å². The molecule has 4 rings (SSSR count). The van der Waals surface area contributed by atoms with Crippen molar-refractivity contribution in [3.05, 3.63) is 47.7 Å². The van der Waals surface area contributed by atoms with Crippen LogP contribution in [0.15, 0.2) is 41.4 Å². The molecule has 2 aromatic heterocycles. The van der Waals surface area contributed by atoms with Crippen LogP contribution in [0.4, 0.5) is 13.2 Å². The Hall–Kier alpha value is -2.90. The maximum Gasteiger partial charge on any atom is 0.404 e. The number of nitrogens with zero attached hydrogens (tertiary/aromatic N) is 3. The number of fused-ring (bicyclic) bond motifs is 1. The van der Waals surface area contributed by atoms with E-state index in [1.165, 1.54) is 12.1 Å². The minimum absolute atomic E-state index is 0.176. The predicted molar refractivity (Wildman–Crippen MR) is 123 cm³/mol. The Morgan fingerprint density at radius 1 is 1.18 bits per heavy atom. The molecule has 0 radical (unpaired) electrons. The lowest BCUT2D eigenvalue weighted by Crippen LogP contribution is -2.42. The summed E-state index contributed by atoms with van der Waals surface area (Å²) in [5.41, 5.74) is 3.39. The summed E-state index contributed by atoms with van der Waals surface area (Å²) in [5, 5.41) is 10.8. The molecule has 6 nitrogen and oxygen atoms in total. The Morgan fingerprint density at radius 3 is 2.47 bits per heavy atom. The molecule has 1 aromatic carbocycles. The molecule has 10 heteroatoms. The van der Waals surface area contributed by atoms with Gasteiger partial charge in [-0.25, -0.2) is 8.42 Å². The van der Waals surface area contributed by atoms with Gasteiger partial charge in [0.1, 0.15) is 17.0 Å². The molecule has 2 heterocycles. The topological polar surface area (TPSA) is 87.8 Å². The van der Waals surface area contributed by atoms with E-state index in [4.69, 9.17) is 0 Å². The number of hydrogen-bond acceptors (Lipinski definition) is 4. The fraction of sp³-hybridized carbons (Fsp3) is 0.417. The van der Waals surface area contributed by atoms with Crippen molar-refractivity contribution in [2.24, 2.45) is 0 Å². The molecule has 0 amide bonds. The fourth-order valence-electron chi connectivity index (χ4n) is 4.56. The molecule has 3 aromatic rings. The van der Waals surface area contributed by atoms with Gasteiger partial charge >= 0.3 is 6.18 Å². The Balaban J connectivity index is 1.82. The minimum Gasteiger partial charge on any atom is -0.335 e. The zero-order valence-corrected chi connectivity index (χ0v) is 19.7. The van der Waals surface area contributed by atoms with Crippen LogP contribution in [0.3, 0.4) is 0 Å². The van der Waals surface area contributed by atoms with E-state index >= 15 is 0 Å².